The lowest BCUT2D eigenvalue weighted by atomic mass is 10.3. The minimum Gasteiger partial charge on any atom is -0.496 e. The number of nitrogens with zero attached hydrogens (tertiary/aromatic N) is 1. The molecular weight excluding hydrogens is 391 g/mol. The molecule has 0 N–H and O–H groups in total. The number of hydrogen-bond acceptors (Lipinski definition) is 5. The Balaban J connectivity index is 1.84. The van der Waals surface area contributed by atoms with E-state index in [4.69, 9.17) is 25.8 Å². The summed E-state index contributed by atoms with van der Waals surface area (Å²) in [5, 5.41) is 1.74. The second-order valence-corrected chi connectivity index (χ2v) is 6.34. The van der Waals surface area contributed by atoms with Crippen molar-refractivity contribution in [2.24, 2.45) is 0 Å². The molecule has 0 saturated carbocycles. The molecule has 9 heteroatoms. The number of hydrogen-bond donors (Lipinski definition) is 0. The number of benzene rings is 1. The van der Waals surface area contributed by atoms with Crippen molar-refractivity contribution < 1.29 is 27.4 Å². The molecule has 0 atom stereocenters. The van der Waals surface area contributed by atoms with Crippen LogP contribution in [0.5, 0.6) is 29.0 Å². The Morgan fingerprint density at radius 3 is 2.23 bits per heavy atom. The molecule has 0 aliphatic carbocycles. The van der Waals surface area contributed by atoms with E-state index in [2.05, 4.69) is 4.98 Å². The molecule has 1 aromatic carbocycles. The Bertz CT molecular complexity index is 914. The molecule has 0 unspecified atom stereocenters. The van der Waals surface area contributed by atoms with Gasteiger partial charge in [0.15, 0.2) is 0 Å². The normalized spacial score (nSPS) is 11.3. The van der Waals surface area contributed by atoms with E-state index < -0.39 is 11.1 Å². The molecule has 0 amide bonds. The quantitative estimate of drug-likeness (QED) is 0.495. The van der Waals surface area contributed by atoms with Crippen molar-refractivity contribution in [3.05, 3.63) is 57.7 Å². The van der Waals surface area contributed by atoms with Gasteiger partial charge in [-0.1, -0.05) is 17.7 Å². The van der Waals surface area contributed by atoms with E-state index in [0.717, 1.165) is 6.07 Å². The van der Waals surface area contributed by atoms with Crippen molar-refractivity contribution in [3.63, 3.8) is 0 Å². The minimum absolute atomic E-state index is 0.0248. The van der Waals surface area contributed by atoms with E-state index in [1.807, 2.05) is 0 Å². The van der Waals surface area contributed by atoms with Crippen LogP contribution in [0.4, 0.5) is 13.2 Å². The summed E-state index contributed by atoms with van der Waals surface area (Å²) in [5.41, 5.74) is 0. The molecule has 0 spiro atoms. The molecule has 4 nitrogen and oxygen atoms in total. The number of thiophene rings is 1. The van der Waals surface area contributed by atoms with Crippen molar-refractivity contribution >= 4 is 22.9 Å². The summed E-state index contributed by atoms with van der Waals surface area (Å²) in [6, 6.07) is 10.5. The van der Waals surface area contributed by atoms with Crippen molar-refractivity contribution in [1.29, 1.82) is 0 Å². The van der Waals surface area contributed by atoms with Crippen LogP contribution >= 0.6 is 22.9 Å². The first kappa shape index (κ1) is 18.3. The zero-order valence-corrected chi connectivity index (χ0v) is 14.8. The van der Waals surface area contributed by atoms with Crippen LogP contribution in [-0.2, 0) is 6.18 Å². The zero-order chi connectivity index (χ0) is 18.7. The Morgan fingerprint density at radius 2 is 1.65 bits per heavy atom. The molecule has 0 aliphatic rings. The molecule has 0 aliphatic heterocycles. The van der Waals surface area contributed by atoms with Crippen LogP contribution in [0.2, 0.25) is 5.02 Å². The van der Waals surface area contributed by atoms with E-state index in [9.17, 15) is 13.2 Å². The van der Waals surface area contributed by atoms with Crippen LogP contribution in [0.3, 0.4) is 0 Å². The summed E-state index contributed by atoms with van der Waals surface area (Å²) >= 11 is 6.45. The maximum absolute atomic E-state index is 12.7. The molecule has 0 saturated heterocycles. The summed E-state index contributed by atoms with van der Waals surface area (Å²) in [5.74, 6) is 1.02. The van der Waals surface area contributed by atoms with Gasteiger partial charge in [-0.3, -0.25) is 0 Å². The Morgan fingerprint density at radius 1 is 0.962 bits per heavy atom. The average molecular weight is 402 g/mol. The summed E-state index contributed by atoms with van der Waals surface area (Å²) in [7, 11) is 1.44. The van der Waals surface area contributed by atoms with E-state index in [-0.39, 0.29) is 17.5 Å². The standard InChI is InChI=1S/C17H11ClF3NO3S/c1-23-12-7-15(24-11-4-2-3-10(18)5-11)22-16(8-12)25-13-6-14(26-9-13)17(19,20)21/h2-9H,1H3. The Hall–Kier alpha value is -2.45. The van der Waals surface area contributed by atoms with Gasteiger partial charge in [0, 0.05) is 28.6 Å². The van der Waals surface area contributed by atoms with Gasteiger partial charge in [0.1, 0.15) is 22.1 Å². The molecule has 0 radical (unpaired) electrons. The molecule has 2 aromatic heterocycles. The Kier molecular flexibility index (Phi) is 5.24. The van der Waals surface area contributed by atoms with Crippen molar-refractivity contribution in [3.8, 4) is 29.0 Å². The van der Waals surface area contributed by atoms with Gasteiger partial charge in [0.2, 0.25) is 11.8 Å². The minimum atomic E-state index is -4.42. The number of rotatable bonds is 5. The number of ether oxygens (including phenoxy) is 3. The highest BCUT2D eigenvalue weighted by molar-refractivity contribution is 7.10. The van der Waals surface area contributed by atoms with Gasteiger partial charge in [-0.05, 0) is 18.2 Å². The predicted octanol–water partition coefficient (Wildman–Crippen LogP) is 6.41. The number of pyridine rings is 1. The lowest BCUT2D eigenvalue weighted by Gasteiger charge is -2.10. The lowest BCUT2D eigenvalue weighted by Crippen LogP contribution is -2.00. The first-order valence-corrected chi connectivity index (χ1v) is 8.42. The summed E-state index contributed by atoms with van der Waals surface area (Å²) in [6.45, 7) is 0. The highest BCUT2D eigenvalue weighted by atomic mass is 35.5. The first-order chi connectivity index (χ1) is 12.3. The van der Waals surface area contributed by atoms with E-state index in [0.29, 0.717) is 27.9 Å². The van der Waals surface area contributed by atoms with Crippen LogP contribution < -0.4 is 14.2 Å². The van der Waals surface area contributed by atoms with Crippen molar-refractivity contribution in [2.75, 3.05) is 7.11 Å². The van der Waals surface area contributed by atoms with Crippen LogP contribution in [0, 0.1) is 0 Å². The second kappa shape index (κ2) is 7.43. The first-order valence-electron chi connectivity index (χ1n) is 7.16. The summed E-state index contributed by atoms with van der Waals surface area (Å²) < 4.78 is 54.2. The van der Waals surface area contributed by atoms with Gasteiger partial charge in [-0.25, -0.2) is 0 Å². The van der Waals surface area contributed by atoms with Gasteiger partial charge in [-0.15, -0.1) is 11.3 Å². The highest BCUT2D eigenvalue weighted by Gasteiger charge is 2.32. The average Bonchev–Trinajstić information content (AvgIpc) is 3.03. The highest BCUT2D eigenvalue weighted by Crippen LogP contribution is 2.38. The van der Waals surface area contributed by atoms with Crippen LogP contribution in [0.15, 0.2) is 47.8 Å². The maximum Gasteiger partial charge on any atom is 0.425 e. The third kappa shape index (κ3) is 4.59. The zero-order valence-electron chi connectivity index (χ0n) is 13.2. The molecule has 0 bridgehead atoms. The SMILES string of the molecule is COc1cc(Oc2cccc(Cl)c2)nc(Oc2csc(C(F)(F)F)c2)c1. The molecule has 0 fully saturated rings. The van der Waals surface area contributed by atoms with Gasteiger partial charge in [0.25, 0.3) is 0 Å². The molecular formula is C17H11ClF3NO3S. The van der Waals surface area contributed by atoms with Crippen LogP contribution in [0.25, 0.3) is 0 Å². The van der Waals surface area contributed by atoms with E-state index >= 15 is 0 Å². The van der Waals surface area contributed by atoms with E-state index in [1.54, 1.807) is 24.3 Å². The molecule has 26 heavy (non-hydrogen) atoms. The number of aromatic nitrogens is 1. The lowest BCUT2D eigenvalue weighted by molar-refractivity contribution is -0.134. The monoisotopic (exact) mass is 401 g/mol. The molecule has 3 aromatic rings. The van der Waals surface area contributed by atoms with Crippen LogP contribution in [-0.4, -0.2) is 12.1 Å². The number of methoxy groups -OCH3 is 1. The third-order valence-corrected chi connectivity index (χ3v) is 4.27. The largest absolute Gasteiger partial charge is 0.496 e. The fraction of sp³-hybridized carbons (Fsp3) is 0.118. The predicted molar refractivity (Wildman–Crippen MR) is 91.7 cm³/mol. The Labute approximate surface area is 155 Å². The number of alkyl halides is 3. The number of halogens is 4. The summed E-state index contributed by atoms with van der Waals surface area (Å²) in [4.78, 5) is 3.37. The smallest absolute Gasteiger partial charge is 0.425 e. The second-order valence-electron chi connectivity index (χ2n) is 4.99. The molecule has 2 heterocycles. The van der Waals surface area contributed by atoms with E-state index in [1.165, 1.54) is 24.6 Å². The van der Waals surface area contributed by atoms with Crippen molar-refractivity contribution in [2.45, 2.75) is 6.18 Å². The maximum atomic E-state index is 12.7. The van der Waals surface area contributed by atoms with Crippen molar-refractivity contribution in [1.82, 2.24) is 4.98 Å². The van der Waals surface area contributed by atoms with Gasteiger partial charge < -0.3 is 14.2 Å². The third-order valence-electron chi connectivity index (χ3n) is 3.08. The molecule has 3 rings (SSSR count). The fourth-order valence-corrected chi connectivity index (χ4v) is 2.83. The molecule has 136 valence electrons. The topological polar surface area (TPSA) is 40.6 Å². The fourth-order valence-electron chi connectivity index (χ4n) is 1.97. The van der Waals surface area contributed by atoms with Gasteiger partial charge in [-0.2, -0.15) is 18.2 Å². The van der Waals surface area contributed by atoms with Gasteiger partial charge in [0.05, 0.1) is 7.11 Å². The summed E-state index contributed by atoms with van der Waals surface area (Å²) in [6.07, 6.45) is -4.42. The van der Waals surface area contributed by atoms with Crippen LogP contribution in [0.1, 0.15) is 4.88 Å². The van der Waals surface area contributed by atoms with Gasteiger partial charge >= 0.3 is 6.18 Å².